The van der Waals surface area contributed by atoms with Gasteiger partial charge in [-0.25, -0.2) is 0 Å². The number of hydrogen-bond acceptors (Lipinski definition) is 3. The van der Waals surface area contributed by atoms with Gasteiger partial charge in [0, 0.05) is 16.8 Å². The molecule has 0 spiro atoms. The molecular formula is C16H13ClN2O2. The summed E-state index contributed by atoms with van der Waals surface area (Å²) in [6.45, 7) is 0.306. The second kappa shape index (κ2) is 6.80. The van der Waals surface area contributed by atoms with Gasteiger partial charge in [-0.15, -0.1) is 0 Å². The van der Waals surface area contributed by atoms with Crippen molar-refractivity contribution >= 4 is 23.2 Å². The SMILES string of the molecule is NCC#Cc1ccc(NC(=O)c2ccc(O)c(Cl)c2)cc1. The van der Waals surface area contributed by atoms with Crippen molar-refractivity contribution < 1.29 is 9.90 Å². The van der Waals surface area contributed by atoms with Crippen molar-refractivity contribution in [2.45, 2.75) is 0 Å². The predicted molar refractivity (Wildman–Crippen MR) is 83.4 cm³/mol. The standard InChI is InChI=1S/C16H13ClN2O2/c17-14-10-12(5-8-15(14)20)16(21)19-13-6-3-11(4-7-13)2-1-9-18/h3-8,10,20H,9,18H2,(H,19,21). The van der Waals surface area contributed by atoms with E-state index in [4.69, 9.17) is 17.3 Å². The third-order valence-electron chi connectivity index (χ3n) is 2.69. The van der Waals surface area contributed by atoms with Gasteiger partial charge in [-0.3, -0.25) is 4.79 Å². The first kappa shape index (κ1) is 14.9. The summed E-state index contributed by atoms with van der Waals surface area (Å²) < 4.78 is 0. The number of nitrogens with one attached hydrogen (secondary N) is 1. The summed E-state index contributed by atoms with van der Waals surface area (Å²) in [4.78, 5) is 12.0. The van der Waals surface area contributed by atoms with Crippen LogP contribution in [0.4, 0.5) is 5.69 Å². The molecule has 2 aromatic rings. The molecular weight excluding hydrogens is 288 g/mol. The topological polar surface area (TPSA) is 75.3 Å². The van der Waals surface area contributed by atoms with Gasteiger partial charge in [-0.05, 0) is 42.5 Å². The minimum absolute atomic E-state index is 0.0592. The molecule has 0 atom stereocenters. The van der Waals surface area contributed by atoms with Crippen LogP contribution in [-0.4, -0.2) is 17.6 Å². The lowest BCUT2D eigenvalue weighted by atomic mass is 10.1. The molecule has 0 aliphatic carbocycles. The maximum Gasteiger partial charge on any atom is 0.255 e. The Morgan fingerprint density at radius 1 is 1.24 bits per heavy atom. The summed E-state index contributed by atoms with van der Waals surface area (Å²) in [6, 6.07) is 11.4. The summed E-state index contributed by atoms with van der Waals surface area (Å²) in [7, 11) is 0. The van der Waals surface area contributed by atoms with Crippen LogP contribution in [0.15, 0.2) is 42.5 Å². The summed E-state index contributed by atoms with van der Waals surface area (Å²) in [5, 5.41) is 12.2. The van der Waals surface area contributed by atoms with Crippen molar-refractivity contribution in [2.24, 2.45) is 5.73 Å². The van der Waals surface area contributed by atoms with Gasteiger partial charge in [0.05, 0.1) is 11.6 Å². The monoisotopic (exact) mass is 300 g/mol. The Labute approximate surface area is 127 Å². The van der Waals surface area contributed by atoms with Crippen molar-refractivity contribution in [1.82, 2.24) is 0 Å². The molecule has 0 saturated carbocycles. The molecule has 0 radical (unpaired) electrons. The van der Waals surface area contributed by atoms with Crippen LogP contribution in [0.5, 0.6) is 5.75 Å². The van der Waals surface area contributed by atoms with E-state index in [1.165, 1.54) is 18.2 Å². The Morgan fingerprint density at radius 2 is 1.95 bits per heavy atom. The number of benzene rings is 2. The van der Waals surface area contributed by atoms with E-state index in [0.29, 0.717) is 17.8 Å². The van der Waals surface area contributed by atoms with Crippen LogP contribution in [-0.2, 0) is 0 Å². The van der Waals surface area contributed by atoms with Crippen molar-refractivity contribution in [3.05, 3.63) is 58.6 Å². The minimum Gasteiger partial charge on any atom is -0.506 e. The van der Waals surface area contributed by atoms with Gasteiger partial charge in [-0.2, -0.15) is 0 Å². The number of aromatic hydroxyl groups is 1. The van der Waals surface area contributed by atoms with E-state index in [0.717, 1.165) is 5.56 Å². The van der Waals surface area contributed by atoms with Crippen molar-refractivity contribution in [3.63, 3.8) is 0 Å². The van der Waals surface area contributed by atoms with Crippen molar-refractivity contribution in [1.29, 1.82) is 0 Å². The fourth-order valence-electron chi connectivity index (χ4n) is 1.64. The first-order chi connectivity index (χ1) is 10.1. The maximum absolute atomic E-state index is 12.0. The van der Waals surface area contributed by atoms with Gasteiger partial charge >= 0.3 is 0 Å². The van der Waals surface area contributed by atoms with Gasteiger partial charge in [0.25, 0.3) is 5.91 Å². The maximum atomic E-state index is 12.0. The molecule has 106 valence electrons. The van der Waals surface area contributed by atoms with Crippen LogP contribution in [0.25, 0.3) is 0 Å². The van der Waals surface area contributed by atoms with Gasteiger partial charge in [0.1, 0.15) is 5.75 Å². The van der Waals surface area contributed by atoms with Crippen LogP contribution in [0.3, 0.4) is 0 Å². The van der Waals surface area contributed by atoms with E-state index >= 15 is 0 Å². The summed E-state index contributed by atoms with van der Waals surface area (Å²) >= 11 is 5.77. The number of hydrogen-bond donors (Lipinski definition) is 3. The molecule has 0 aliphatic rings. The zero-order valence-electron chi connectivity index (χ0n) is 11.1. The fraction of sp³-hybridized carbons (Fsp3) is 0.0625. The molecule has 0 saturated heterocycles. The third-order valence-corrected chi connectivity index (χ3v) is 2.99. The quantitative estimate of drug-likeness (QED) is 0.746. The number of rotatable bonds is 2. The van der Waals surface area contributed by atoms with Crippen LogP contribution in [0, 0.1) is 11.8 Å². The lowest BCUT2D eigenvalue weighted by Gasteiger charge is -2.06. The number of amides is 1. The lowest BCUT2D eigenvalue weighted by Crippen LogP contribution is -2.11. The Kier molecular flexibility index (Phi) is 4.83. The molecule has 5 heteroatoms. The first-order valence-corrected chi connectivity index (χ1v) is 6.57. The predicted octanol–water partition coefficient (Wildman–Crippen LogP) is 2.61. The molecule has 0 aliphatic heterocycles. The molecule has 0 bridgehead atoms. The van der Waals surface area contributed by atoms with E-state index in [-0.39, 0.29) is 16.7 Å². The van der Waals surface area contributed by atoms with E-state index < -0.39 is 0 Å². The second-order valence-electron chi connectivity index (χ2n) is 4.20. The smallest absolute Gasteiger partial charge is 0.255 e. The molecule has 1 amide bonds. The minimum atomic E-state index is -0.308. The number of nitrogens with two attached hydrogens (primary N) is 1. The zero-order valence-corrected chi connectivity index (χ0v) is 11.8. The average molecular weight is 301 g/mol. The summed E-state index contributed by atoms with van der Waals surface area (Å²) in [5.41, 5.74) is 7.13. The number of phenols is 1. The number of carbonyl (C=O) groups is 1. The van der Waals surface area contributed by atoms with E-state index in [9.17, 15) is 9.90 Å². The van der Waals surface area contributed by atoms with Gasteiger partial charge in [-0.1, -0.05) is 23.4 Å². The highest BCUT2D eigenvalue weighted by Crippen LogP contribution is 2.24. The van der Waals surface area contributed by atoms with E-state index in [1.54, 1.807) is 24.3 Å². The number of halogens is 1. The van der Waals surface area contributed by atoms with Crippen molar-refractivity contribution in [2.75, 3.05) is 11.9 Å². The van der Waals surface area contributed by atoms with E-state index in [2.05, 4.69) is 17.2 Å². The molecule has 2 rings (SSSR count). The van der Waals surface area contributed by atoms with Crippen LogP contribution >= 0.6 is 11.6 Å². The van der Waals surface area contributed by atoms with Gasteiger partial charge in [0.2, 0.25) is 0 Å². The van der Waals surface area contributed by atoms with E-state index in [1.807, 2.05) is 0 Å². The van der Waals surface area contributed by atoms with Crippen LogP contribution < -0.4 is 11.1 Å². The fourth-order valence-corrected chi connectivity index (χ4v) is 1.82. The highest BCUT2D eigenvalue weighted by atomic mass is 35.5. The Balaban J connectivity index is 2.10. The summed E-state index contributed by atoms with van der Waals surface area (Å²) in [5.74, 6) is 5.28. The van der Waals surface area contributed by atoms with Gasteiger partial charge in [0.15, 0.2) is 0 Å². The molecule has 2 aromatic carbocycles. The highest BCUT2D eigenvalue weighted by molar-refractivity contribution is 6.32. The Bertz CT molecular complexity index is 715. The molecule has 0 heterocycles. The second-order valence-corrected chi connectivity index (χ2v) is 4.61. The zero-order chi connectivity index (χ0) is 15.2. The normalized spacial score (nSPS) is 9.62. The van der Waals surface area contributed by atoms with Crippen LogP contribution in [0.2, 0.25) is 5.02 Å². The molecule has 0 fully saturated rings. The third kappa shape index (κ3) is 3.99. The molecule has 4 N–H and O–H groups in total. The Morgan fingerprint density at radius 3 is 2.57 bits per heavy atom. The lowest BCUT2D eigenvalue weighted by molar-refractivity contribution is 0.102. The molecule has 0 aromatic heterocycles. The average Bonchev–Trinajstić information content (AvgIpc) is 2.49. The first-order valence-electron chi connectivity index (χ1n) is 6.19. The highest BCUT2D eigenvalue weighted by Gasteiger charge is 2.08. The van der Waals surface area contributed by atoms with Crippen LogP contribution in [0.1, 0.15) is 15.9 Å². The molecule has 0 unspecified atom stereocenters. The molecule has 4 nitrogen and oxygen atoms in total. The number of carbonyl (C=O) groups excluding carboxylic acids is 1. The van der Waals surface area contributed by atoms with Gasteiger partial charge < -0.3 is 16.2 Å². The Hall–Kier alpha value is -2.48. The largest absolute Gasteiger partial charge is 0.506 e. The number of phenolic OH excluding ortho intramolecular Hbond substituents is 1. The molecule has 21 heavy (non-hydrogen) atoms. The summed E-state index contributed by atoms with van der Waals surface area (Å²) in [6.07, 6.45) is 0. The van der Waals surface area contributed by atoms with Crippen molar-refractivity contribution in [3.8, 4) is 17.6 Å². The number of anilines is 1.